The van der Waals surface area contributed by atoms with Crippen LogP contribution < -0.4 is 25.6 Å². The summed E-state index contributed by atoms with van der Waals surface area (Å²) in [5.74, 6) is -6.42. The third-order valence-electron chi connectivity index (χ3n) is 9.58. The molecule has 18 heteroatoms. The average Bonchev–Trinajstić information content (AvgIpc) is 3.89. The van der Waals surface area contributed by atoms with E-state index in [2.05, 4.69) is 16.0 Å². The highest BCUT2D eigenvalue weighted by molar-refractivity contribution is 6.00. The highest BCUT2D eigenvalue weighted by Gasteiger charge is 2.34. The molecule has 5 amide bonds. The molecule has 2 heterocycles. The number of aliphatic carboxylic acids is 2. The van der Waals surface area contributed by atoms with Crippen molar-refractivity contribution in [2.75, 3.05) is 24.7 Å². The largest absolute Gasteiger partial charge is 0.493 e. The smallest absolute Gasteiger partial charge is 0.363 e. The first-order valence-electron chi connectivity index (χ1n) is 19.4. The molecule has 3 atom stereocenters. The van der Waals surface area contributed by atoms with Crippen molar-refractivity contribution in [1.82, 2.24) is 21.0 Å². The number of carbonyl (C=O) groups is 8. The lowest BCUT2D eigenvalue weighted by Gasteiger charge is -2.31. The van der Waals surface area contributed by atoms with Gasteiger partial charge in [-0.15, -0.1) is 0 Å². The molecular weight excluding hydrogens is 770 g/mol. The Labute approximate surface area is 340 Å². The van der Waals surface area contributed by atoms with Crippen molar-refractivity contribution in [2.45, 2.75) is 84.2 Å². The molecule has 1 fully saturated rings. The highest BCUT2D eigenvalue weighted by atomic mass is 16.7. The van der Waals surface area contributed by atoms with Gasteiger partial charge >= 0.3 is 17.9 Å². The molecule has 1 saturated heterocycles. The zero-order valence-corrected chi connectivity index (χ0v) is 33.1. The molecule has 0 radical (unpaired) electrons. The van der Waals surface area contributed by atoms with Gasteiger partial charge < -0.3 is 45.1 Å². The van der Waals surface area contributed by atoms with Gasteiger partial charge in [0.05, 0.1) is 42.8 Å². The number of hydroxylamine groups is 2. The molecule has 1 aromatic heterocycles. The second kappa shape index (κ2) is 21.7. The maximum Gasteiger partial charge on any atom is 0.363 e. The molecule has 3 aromatic rings. The van der Waals surface area contributed by atoms with E-state index >= 15 is 0 Å². The Kier molecular flexibility index (Phi) is 16.6. The summed E-state index contributed by atoms with van der Waals surface area (Å²) in [6, 6.07) is 10.9. The summed E-state index contributed by atoms with van der Waals surface area (Å²) >= 11 is 0. The van der Waals surface area contributed by atoms with E-state index in [1.807, 2.05) is 6.92 Å². The molecule has 2 aromatic carbocycles. The number of carbonyl (C=O) groups excluding carboxylic acids is 6. The monoisotopic (exact) mass is 819 g/mol. The normalized spacial score (nSPS) is 13.7. The Morgan fingerprint density at radius 1 is 0.949 bits per heavy atom. The van der Waals surface area contributed by atoms with Gasteiger partial charge in [-0.2, -0.15) is 5.06 Å². The molecule has 18 nitrogen and oxygen atoms in total. The lowest BCUT2D eigenvalue weighted by atomic mass is 9.90. The standard InChI is InChI=1S/C41H49N5O13/c1-4-7-8-10-28(31(5-2)46(24-47)59-41(56)25-12-15-27(16-13-25)45-20-9-11-35(45)48)37(51)42-23-43-39(53)33-19-18-32(58-33)26-14-17-29(34(21-26)57-6-3)38(52)44-30(40(54)55)22-36(49)50/h12-19,21,24,28,30-31H,4-11,20,22-23H2,1-3H3,(H,42,51)(H,43,53)(H,44,52)(H,49,50)(H,54,55)/t28?,30-,31?/m0/s1. The van der Waals surface area contributed by atoms with Crippen molar-refractivity contribution in [3.63, 3.8) is 0 Å². The number of amides is 5. The molecule has 2 unspecified atom stereocenters. The Bertz CT molecular complexity index is 2000. The Morgan fingerprint density at radius 3 is 2.31 bits per heavy atom. The Morgan fingerprint density at radius 2 is 1.69 bits per heavy atom. The van der Waals surface area contributed by atoms with Crippen LogP contribution in [0.2, 0.25) is 0 Å². The van der Waals surface area contributed by atoms with E-state index in [0.717, 1.165) is 24.3 Å². The number of nitrogens with one attached hydrogen (secondary N) is 3. The maximum absolute atomic E-state index is 13.6. The lowest BCUT2D eigenvalue weighted by molar-refractivity contribution is -0.171. The van der Waals surface area contributed by atoms with Crippen LogP contribution in [0.25, 0.3) is 11.3 Å². The van der Waals surface area contributed by atoms with Gasteiger partial charge in [0.15, 0.2) is 5.76 Å². The minimum atomic E-state index is -1.68. The molecule has 5 N–H and O–H groups in total. The van der Waals surface area contributed by atoms with Crippen molar-refractivity contribution < 1.29 is 62.6 Å². The summed E-state index contributed by atoms with van der Waals surface area (Å²) in [6.45, 7) is 5.84. The summed E-state index contributed by atoms with van der Waals surface area (Å²) in [6.07, 6.45) is 3.68. The van der Waals surface area contributed by atoms with Crippen LogP contribution in [0, 0.1) is 5.92 Å². The molecule has 316 valence electrons. The van der Waals surface area contributed by atoms with Gasteiger partial charge in [0, 0.05) is 24.2 Å². The van der Waals surface area contributed by atoms with Crippen LogP contribution in [0.4, 0.5) is 5.69 Å². The first-order valence-corrected chi connectivity index (χ1v) is 19.4. The van der Waals surface area contributed by atoms with Gasteiger partial charge in [0.25, 0.3) is 11.8 Å². The predicted octanol–water partition coefficient (Wildman–Crippen LogP) is 4.14. The zero-order valence-electron chi connectivity index (χ0n) is 33.1. The number of hydrogen-bond donors (Lipinski definition) is 5. The summed E-state index contributed by atoms with van der Waals surface area (Å²) in [4.78, 5) is 107. The fraction of sp³-hybridized carbons (Fsp3) is 0.415. The summed E-state index contributed by atoms with van der Waals surface area (Å²) in [5, 5.41) is 26.6. The quantitative estimate of drug-likeness (QED) is 0.0391. The van der Waals surface area contributed by atoms with E-state index in [1.54, 1.807) is 30.9 Å². The van der Waals surface area contributed by atoms with Gasteiger partial charge in [-0.25, -0.2) is 9.59 Å². The molecule has 59 heavy (non-hydrogen) atoms. The fourth-order valence-corrected chi connectivity index (χ4v) is 6.56. The molecule has 0 bridgehead atoms. The first-order chi connectivity index (χ1) is 28.3. The summed E-state index contributed by atoms with van der Waals surface area (Å²) in [7, 11) is 0. The van der Waals surface area contributed by atoms with Crippen LogP contribution in [0.1, 0.15) is 103 Å². The molecule has 0 aliphatic carbocycles. The van der Waals surface area contributed by atoms with Gasteiger partial charge in [-0.3, -0.25) is 28.8 Å². The Hall–Kier alpha value is -6.72. The van der Waals surface area contributed by atoms with Crippen molar-refractivity contribution in [3.8, 4) is 17.1 Å². The number of ether oxygens (including phenoxy) is 1. The number of furan rings is 1. The van der Waals surface area contributed by atoms with E-state index in [9.17, 15) is 43.5 Å². The molecule has 4 rings (SSSR count). The van der Waals surface area contributed by atoms with Crippen LogP contribution >= 0.6 is 0 Å². The number of carboxylic acid groups (broad SMARTS) is 2. The fourth-order valence-electron chi connectivity index (χ4n) is 6.56. The van der Waals surface area contributed by atoms with Crippen molar-refractivity contribution >= 4 is 53.6 Å². The van der Waals surface area contributed by atoms with E-state index in [-0.39, 0.29) is 54.0 Å². The van der Waals surface area contributed by atoms with Crippen LogP contribution in [-0.4, -0.2) is 95.1 Å². The van der Waals surface area contributed by atoms with Crippen LogP contribution in [0.5, 0.6) is 5.75 Å². The second-order valence-electron chi connectivity index (χ2n) is 13.6. The van der Waals surface area contributed by atoms with Crippen LogP contribution in [-0.2, 0) is 28.8 Å². The predicted molar refractivity (Wildman–Crippen MR) is 210 cm³/mol. The number of rotatable bonds is 23. The summed E-state index contributed by atoms with van der Waals surface area (Å²) < 4.78 is 11.3. The Balaban J connectivity index is 1.39. The van der Waals surface area contributed by atoms with Crippen molar-refractivity contribution in [1.29, 1.82) is 0 Å². The van der Waals surface area contributed by atoms with Crippen molar-refractivity contribution in [2.24, 2.45) is 5.92 Å². The summed E-state index contributed by atoms with van der Waals surface area (Å²) in [5.41, 5.74) is 1.14. The highest BCUT2D eigenvalue weighted by Crippen LogP contribution is 2.30. The third-order valence-corrected chi connectivity index (χ3v) is 9.58. The molecule has 1 aliphatic rings. The molecular formula is C41H49N5O13. The van der Waals surface area contributed by atoms with E-state index in [0.29, 0.717) is 43.5 Å². The number of anilines is 1. The maximum atomic E-state index is 13.6. The van der Waals surface area contributed by atoms with Gasteiger partial charge in [-0.1, -0.05) is 39.2 Å². The number of nitrogens with zero attached hydrogens (tertiary/aromatic N) is 2. The number of benzene rings is 2. The van der Waals surface area contributed by atoms with Gasteiger partial charge in [0.2, 0.25) is 18.2 Å². The molecule has 0 saturated carbocycles. The van der Waals surface area contributed by atoms with Gasteiger partial charge in [0.1, 0.15) is 17.6 Å². The second-order valence-corrected chi connectivity index (χ2v) is 13.6. The van der Waals surface area contributed by atoms with E-state index < -0.39 is 60.1 Å². The number of carboxylic acids is 2. The molecule has 1 aliphatic heterocycles. The zero-order chi connectivity index (χ0) is 43.1. The van der Waals surface area contributed by atoms with E-state index in [4.69, 9.17) is 19.1 Å². The van der Waals surface area contributed by atoms with Crippen LogP contribution in [0.3, 0.4) is 0 Å². The molecule has 0 spiro atoms. The number of hydrogen-bond acceptors (Lipinski definition) is 11. The first kappa shape index (κ1) is 45.0. The lowest BCUT2D eigenvalue weighted by Crippen LogP contribution is -2.49. The minimum Gasteiger partial charge on any atom is -0.493 e. The number of unbranched alkanes of at least 4 members (excludes halogenated alkanes) is 2. The average molecular weight is 820 g/mol. The topological polar surface area (TPSA) is 251 Å². The minimum absolute atomic E-state index is 0.000162. The van der Waals surface area contributed by atoms with Gasteiger partial charge in [-0.05, 0) is 74.7 Å². The van der Waals surface area contributed by atoms with Crippen molar-refractivity contribution in [3.05, 3.63) is 71.5 Å². The SMILES string of the molecule is CCCCCC(C(=O)NCNC(=O)c1ccc(-c2ccc(C(=O)N[C@@H](CC(=O)O)C(=O)O)c(OCC)c2)o1)C(CC)N(C=O)OC(=O)c1ccc(N2CCCC2=O)cc1. The van der Waals surface area contributed by atoms with E-state index in [1.165, 1.54) is 42.5 Å². The third kappa shape index (κ3) is 12.1. The van der Waals surface area contributed by atoms with Crippen LogP contribution in [0.15, 0.2) is 59.0 Å².